The van der Waals surface area contributed by atoms with E-state index >= 15 is 0 Å². The number of carbonyl (C=O) groups excluding carboxylic acids is 3. The van der Waals surface area contributed by atoms with Crippen LogP contribution in [0.15, 0.2) is 29.2 Å². The Bertz CT molecular complexity index is 853. The summed E-state index contributed by atoms with van der Waals surface area (Å²) in [7, 11) is -4.02. The lowest BCUT2D eigenvalue weighted by Gasteiger charge is -2.21. The Morgan fingerprint density at radius 1 is 1.35 bits per heavy atom. The predicted octanol–water partition coefficient (Wildman–Crippen LogP) is -0.815. The van der Waals surface area contributed by atoms with Gasteiger partial charge in [0.25, 0.3) is 5.69 Å². The molecule has 11 nitrogen and oxygen atoms in total. The molecule has 0 radical (unpaired) electrons. The molecule has 140 valence electrons. The van der Waals surface area contributed by atoms with E-state index in [-0.39, 0.29) is 36.4 Å². The van der Waals surface area contributed by atoms with E-state index in [0.29, 0.717) is 0 Å². The van der Waals surface area contributed by atoms with Crippen LogP contribution in [0.4, 0.5) is 5.69 Å². The summed E-state index contributed by atoms with van der Waals surface area (Å²) in [4.78, 5) is 44.1. The summed E-state index contributed by atoms with van der Waals surface area (Å²) in [5.74, 6) is -1.58. The van der Waals surface area contributed by atoms with Crippen LogP contribution < -0.4 is 15.4 Å². The summed E-state index contributed by atoms with van der Waals surface area (Å²) < 4.78 is 26.4. The topological polar surface area (TPSA) is 165 Å². The molecule has 1 aromatic rings. The summed E-state index contributed by atoms with van der Waals surface area (Å²) in [6.07, 6.45) is 0.0395. The third-order valence-electron chi connectivity index (χ3n) is 3.56. The number of piperidine rings is 1. The first kappa shape index (κ1) is 19.5. The number of rotatable bonds is 7. The number of benzene rings is 1. The Hall–Kier alpha value is -2.86. The summed E-state index contributed by atoms with van der Waals surface area (Å²) in [5, 5.41) is 15.2. The van der Waals surface area contributed by atoms with Crippen molar-refractivity contribution in [2.75, 3.05) is 6.54 Å². The first-order chi connectivity index (χ1) is 12.2. The fourth-order valence-electron chi connectivity index (χ4n) is 2.24. The minimum absolute atomic E-state index is 0.107. The van der Waals surface area contributed by atoms with E-state index in [0.717, 1.165) is 12.1 Å². The number of carbonyl (C=O) groups is 3. The van der Waals surface area contributed by atoms with Gasteiger partial charge in [0, 0.05) is 31.5 Å². The molecular weight excluding hydrogens is 368 g/mol. The molecule has 1 heterocycles. The van der Waals surface area contributed by atoms with E-state index in [1.54, 1.807) is 0 Å². The van der Waals surface area contributed by atoms with E-state index in [1.165, 1.54) is 12.1 Å². The molecule has 3 N–H and O–H groups in total. The highest BCUT2D eigenvalue weighted by atomic mass is 32.2. The lowest BCUT2D eigenvalue weighted by Crippen LogP contribution is -2.52. The number of nitro groups is 1. The smallest absolute Gasteiger partial charge is 0.270 e. The minimum Gasteiger partial charge on any atom is -0.344 e. The normalized spacial score (nSPS) is 17.5. The van der Waals surface area contributed by atoms with Gasteiger partial charge in [0.05, 0.1) is 9.82 Å². The largest absolute Gasteiger partial charge is 0.344 e. The van der Waals surface area contributed by atoms with Crippen LogP contribution in [0, 0.1) is 10.1 Å². The van der Waals surface area contributed by atoms with Crippen molar-refractivity contribution in [1.82, 2.24) is 15.4 Å². The van der Waals surface area contributed by atoms with E-state index in [2.05, 4.69) is 15.4 Å². The minimum atomic E-state index is -4.02. The van der Waals surface area contributed by atoms with Crippen molar-refractivity contribution in [2.24, 2.45) is 0 Å². The summed E-state index contributed by atoms with van der Waals surface area (Å²) in [5.41, 5.74) is -0.372. The van der Waals surface area contributed by atoms with Gasteiger partial charge in [0.2, 0.25) is 27.7 Å². The maximum absolute atomic E-state index is 12.1. The Labute approximate surface area is 148 Å². The van der Waals surface area contributed by atoms with Crippen molar-refractivity contribution in [2.45, 2.75) is 30.2 Å². The number of amides is 3. The van der Waals surface area contributed by atoms with Crippen LogP contribution in [0.2, 0.25) is 0 Å². The standard InChI is InChI=1S/C14H16N4O7S/c19-12-5-4-11(14(21)17-12)16-13(20)6-7-15-26(24,25)10-3-1-2-9(8-10)18(22)23/h1-3,8,11,15H,4-7H2,(H,16,20)(H,17,19,21). The Balaban J connectivity index is 1.87. The second-order valence-corrected chi connectivity index (χ2v) is 7.24. The third-order valence-corrected chi connectivity index (χ3v) is 5.02. The van der Waals surface area contributed by atoms with Crippen LogP contribution in [0.1, 0.15) is 19.3 Å². The summed E-state index contributed by atoms with van der Waals surface area (Å²) in [6, 6.07) is 3.66. The number of nitrogens with zero attached hydrogens (tertiary/aromatic N) is 1. The molecular formula is C14H16N4O7S. The van der Waals surface area contributed by atoms with Gasteiger partial charge in [-0.1, -0.05) is 6.07 Å². The van der Waals surface area contributed by atoms with Crippen LogP contribution in [-0.2, 0) is 24.4 Å². The van der Waals surface area contributed by atoms with Gasteiger partial charge in [-0.05, 0) is 12.5 Å². The molecule has 1 aliphatic rings. The Kier molecular flexibility index (Phi) is 6.00. The zero-order valence-electron chi connectivity index (χ0n) is 13.4. The van der Waals surface area contributed by atoms with Gasteiger partial charge in [-0.2, -0.15) is 0 Å². The monoisotopic (exact) mass is 384 g/mol. The molecule has 1 saturated heterocycles. The fraction of sp³-hybridized carbons (Fsp3) is 0.357. The highest BCUT2D eigenvalue weighted by Crippen LogP contribution is 2.17. The molecule has 1 aromatic carbocycles. The van der Waals surface area contributed by atoms with Crippen LogP contribution >= 0.6 is 0 Å². The van der Waals surface area contributed by atoms with Crippen molar-refractivity contribution in [1.29, 1.82) is 0 Å². The van der Waals surface area contributed by atoms with Gasteiger partial charge in [-0.15, -0.1) is 0 Å². The van der Waals surface area contributed by atoms with Crippen molar-refractivity contribution >= 4 is 33.4 Å². The van der Waals surface area contributed by atoms with E-state index in [1.807, 2.05) is 0 Å². The lowest BCUT2D eigenvalue weighted by molar-refractivity contribution is -0.385. The van der Waals surface area contributed by atoms with Crippen LogP contribution in [0.3, 0.4) is 0 Å². The maximum Gasteiger partial charge on any atom is 0.270 e. The number of imide groups is 1. The van der Waals surface area contributed by atoms with Crippen molar-refractivity contribution in [3.63, 3.8) is 0 Å². The molecule has 1 unspecified atom stereocenters. The second kappa shape index (κ2) is 8.01. The SMILES string of the molecule is O=C1CCC(NC(=O)CCNS(=O)(=O)c2cccc([N+](=O)[O-])c2)C(=O)N1. The average molecular weight is 384 g/mol. The molecule has 12 heteroatoms. The number of nitrogens with one attached hydrogen (secondary N) is 3. The van der Waals surface area contributed by atoms with Gasteiger partial charge < -0.3 is 5.32 Å². The van der Waals surface area contributed by atoms with E-state index in [9.17, 15) is 32.9 Å². The molecule has 1 fully saturated rings. The van der Waals surface area contributed by atoms with Crippen LogP contribution in [0.5, 0.6) is 0 Å². The molecule has 26 heavy (non-hydrogen) atoms. The zero-order valence-corrected chi connectivity index (χ0v) is 14.2. The van der Waals surface area contributed by atoms with Crippen molar-refractivity contribution in [3.05, 3.63) is 34.4 Å². The Morgan fingerprint density at radius 2 is 2.08 bits per heavy atom. The van der Waals surface area contributed by atoms with Gasteiger partial charge in [-0.3, -0.25) is 29.8 Å². The molecule has 0 spiro atoms. The van der Waals surface area contributed by atoms with Crippen LogP contribution in [0.25, 0.3) is 0 Å². The van der Waals surface area contributed by atoms with Crippen molar-refractivity contribution < 1.29 is 27.7 Å². The highest BCUT2D eigenvalue weighted by Gasteiger charge is 2.27. The highest BCUT2D eigenvalue weighted by molar-refractivity contribution is 7.89. The molecule has 0 bridgehead atoms. The molecule has 2 rings (SSSR count). The number of non-ortho nitro benzene ring substituents is 1. The van der Waals surface area contributed by atoms with Gasteiger partial charge in [0.15, 0.2) is 0 Å². The summed E-state index contributed by atoms with van der Waals surface area (Å²) in [6.45, 7) is -0.260. The molecule has 0 aliphatic carbocycles. The fourth-order valence-corrected chi connectivity index (χ4v) is 3.32. The van der Waals surface area contributed by atoms with Gasteiger partial charge in [0.1, 0.15) is 6.04 Å². The number of hydrogen-bond acceptors (Lipinski definition) is 7. The number of nitro benzene ring substituents is 1. The molecule has 0 aromatic heterocycles. The molecule has 1 aliphatic heterocycles. The number of hydrogen-bond donors (Lipinski definition) is 3. The summed E-state index contributed by atoms with van der Waals surface area (Å²) >= 11 is 0. The lowest BCUT2D eigenvalue weighted by atomic mass is 10.1. The van der Waals surface area contributed by atoms with E-state index in [4.69, 9.17) is 0 Å². The molecule has 3 amide bonds. The van der Waals surface area contributed by atoms with Crippen molar-refractivity contribution in [3.8, 4) is 0 Å². The third kappa shape index (κ3) is 5.07. The van der Waals surface area contributed by atoms with Gasteiger partial charge >= 0.3 is 0 Å². The van der Waals surface area contributed by atoms with Gasteiger partial charge in [-0.25, -0.2) is 13.1 Å². The maximum atomic E-state index is 12.1. The second-order valence-electron chi connectivity index (χ2n) is 5.47. The quantitative estimate of drug-likeness (QED) is 0.314. The Morgan fingerprint density at radius 3 is 2.73 bits per heavy atom. The average Bonchev–Trinajstić information content (AvgIpc) is 2.57. The van der Waals surface area contributed by atoms with Crippen LogP contribution in [-0.4, -0.2) is 43.6 Å². The first-order valence-corrected chi connectivity index (χ1v) is 9.04. The number of sulfonamides is 1. The zero-order chi connectivity index (χ0) is 19.3. The van der Waals surface area contributed by atoms with E-state index < -0.39 is 38.7 Å². The first-order valence-electron chi connectivity index (χ1n) is 7.56. The molecule has 0 saturated carbocycles. The predicted molar refractivity (Wildman–Crippen MR) is 87.2 cm³/mol. The molecule has 1 atom stereocenters.